The molecule has 1 fully saturated rings. The Labute approximate surface area is 174 Å². The fourth-order valence-electron chi connectivity index (χ4n) is 3.94. The van der Waals surface area contributed by atoms with E-state index in [0.29, 0.717) is 11.2 Å². The number of amides is 1. The van der Waals surface area contributed by atoms with Crippen LogP contribution in [0.15, 0.2) is 41.0 Å². The summed E-state index contributed by atoms with van der Waals surface area (Å²) in [6.45, 7) is 1.87. The van der Waals surface area contributed by atoms with Crippen LogP contribution in [0, 0.1) is 6.92 Å². The quantitative estimate of drug-likeness (QED) is 0.606. The maximum atomic E-state index is 14.8. The predicted molar refractivity (Wildman–Crippen MR) is 115 cm³/mol. The van der Waals surface area contributed by atoms with E-state index in [-0.39, 0.29) is 23.5 Å². The van der Waals surface area contributed by atoms with E-state index in [2.05, 4.69) is 25.6 Å². The molecule has 1 aromatic carbocycles. The van der Waals surface area contributed by atoms with Gasteiger partial charge in [0, 0.05) is 24.0 Å². The molecule has 4 rings (SSSR count). The second kappa shape index (κ2) is 8.45. The Hall–Kier alpha value is -2.91. The Balaban J connectivity index is 1.59. The number of dihydropyridines is 1. The third kappa shape index (κ3) is 4.31. The van der Waals surface area contributed by atoms with E-state index in [1.807, 2.05) is 13.0 Å². The average molecular weight is 411 g/mol. The highest BCUT2D eigenvalue weighted by Gasteiger charge is 2.32. The third-order valence-corrected chi connectivity index (χ3v) is 5.55. The minimum absolute atomic E-state index is 0.0172. The number of alkyl halides is 1. The number of halogens is 1. The Morgan fingerprint density at radius 1 is 1.23 bits per heavy atom. The van der Waals surface area contributed by atoms with Gasteiger partial charge in [-0.1, -0.05) is 12.8 Å². The predicted octanol–water partition coefficient (Wildman–Crippen LogP) is 1.70. The molecule has 1 aromatic heterocycles. The normalized spacial score (nSPS) is 26.8. The molecule has 0 spiro atoms. The number of carbonyl (C=O) groups is 1. The third-order valence-electron chi connectivity index (χ3n) is 5.55. The summed E-state index contributed by atoms with van der Waals surface area (Å²) in [5, 5.41) is 6.32. The van der Waals surface area contributed by atoms with Crippen molar-refractivity contribution in [1.29, 1.82) is 0 Å². The molecule has 1 aliphatic heterocycles. The number of amidine groups is 1. The van der Waals surface area contributed by atoms with Crippen LogP contribution in [0.3, 0.4) is 0 Å². The number of nitrogens with two attached hydrogens (primary N) is 2. The van der Waals surface area contributed by atoms with Crippen molar-refractivity contribution in [3.63, 3.8) is 0 Å². The number of rotatable bonds is 4. The first-order valence-electron chi connectivity index (χ1n) is 10.2. The van der Waals surface area contributed by atoms with Gasteiger partial charge in [0.1, 0.15) is 12.0 Å². The Bertz CT molecular complexity index is 1020. The van der Waals surface area contributed by atoms with E-state index in [4.69, 9.17) is 11.5 Å². The highest BCUT2D eigenvalue weighted by molar-refractivity contribution is 6.25. The molecule has 2 heterocycles. The van der Waals surface area contributed by atoms with Crippen molar-refractivity contribution in [2.24, 2.45) is 16.5 Å². The van der Waals surface area contributed by atoms with Crippen LogP contribution in [-0.4, -0.2) is 46.1 Å². The van der Waals surface area contributed by atoms with Crippen LogP contribution in [0.4, 0.5) is 10.1 Å². The van der Waals surface area contributed by atoms with Crippen molar-refractivity contribution in [3.8, 4) is 0 Å². The van der Waals surface area contributed by atoms with E-state index >= 15 is 0 Å². The molecule has 4 atom stereocenters. The van der Waals surface area contributed by atoms with Crippen molar-refractivity contribution in [2.75, 3.05) is 5.32 Å². The molecule has 1 aliphatic carbocycles. The second-order valence-corrected chi connectivity index (χ2v) is 7.87. The fraction of sp³-hybridized carbons (Fsp3) is 0.429. The van der Waals surface area contributed by atoms with Crippen LogP contribution >= 0.6 is 0 Å². The molecule has 2 aromatic rings. The molecule has 9 heteroatoms. The number of aryl methyl sites for hydroxylation is 1. The topological polar surface area (TPSA) is 131 Å². The van der Waals surface area contributed by atoms with Gasteiger partial charge in [0.05, 0.1) is 22.3 Å². The van der Waals surface area contributed by atoms with E-state index < -0.39 is 18.2 Å². The minimum atomic E-state index is -1.47. The van der Waals surface area contributed by atoms with Crippen molar-refractivity contribution < 1.29 is 9.18 Å². The maximum Gasteiger partial charge on any atom is 0.252 e. The number of hydrogen-bond donors (Lipinski definition) is 4. The molecule has 1 amide bonds. The number of nitrogens with one attached hydrogen (secondary N) is 2. The van der Waals surface area contributed by atoms with Crippen molar-refractivity contribution in [2.45, 2.75) is 57.0 Å². The SMILES string of the molecule is Cc1cnc2cc(NC3=NC(N[C@@H]4CCCCC4N)C(F)C=C3C(N)=O)ccc2n1. The number of hydrogen-bond acceptors (Lipinski definition) is 7. The molecule has 1 saturated carbocycles. The van der Waals surface area contributed by atoms with Crippen molar-refractivity contribution in [3.05, 3.63) is 41.7 Å². The Morgan fingerprint density at radius 2 is 2.03 bits per heavy atom. The van der Waals surface area contributed by atoms with Gasteiger partial charge in [-0.05, 0) is 44.0 Å². The number of fused-ring (bicyclic) bond motifs is 1. The standard InChI is InChI=1S/C21H26FN7O/c1-11-10-25-18-8-12(6-7-17(18)26-11)27-20-13(19(24)30)9-14(22)21(29-20)28-16-5-3-2-4-15(16)23/h6-10,14-16,21,28H,2-5,23H2,1H3,(H2,24,30)(H,27,29)/t14?,15?,16-,21?/m1/s1. The summed E-state index contributed by atoms with van der Waals surface area (Å²) in [4.78, 5) is 25.1. The Morgan fingerprint density at radius 3 is 2.80 bits per heavy atom. The lowest BCUT2D eigenvalue weighted by molar-refractivity contribution is -0.114. The lowest BCUT2D eigenvalue weighted by Crippen LogP contribution is -2.54. The van der Waals surface area contributed by atoms with Crippen LogP contribution in [-0.2, 0) is 4.79 Å². The summed E-state index contributed by atoms with van der Waals surface area (Å²) >= 11 is 0. The number of aromatic nitrogens is 2. The van der Waals surface area contributed by atoms with Gasteiger partial charge >= 0.3 is 0 Å². The molecule has 158 valence electrons. The van der Waals surface area contributed by atoms with E-state index in [9.17, 15) is 9.18 Å². The first-order valence-corrected chi connectivity index (χ1v) is 10.2. The molecule has 0 radical (unpaired) electrons. The highest BCUT2D eigenvalue weighted by Crippen LogP contribution is 2.23. The monoisotopic (exact) mass is 411 g/mol. The largest absolute Gasteiger partial charge is 0.365 e. The van der Waals surface area contributed by atoms with Gasteiger partial charge in [-0.3, -0.25) is 15.1 Å². The molecular weight excluding hydrogens is 385 g/mol. The molecule has 30 heavy (non-hydrogen) atoms. The van der Waals surface area contributed by atoms with Gasteiger partial charge in [0.15, 0.2) is 6.17 Å². The van der Waals surface area contributed by atoms with Gasteiger partial charge in [-0.15, -0.1) is 0 Å². The highest BCUT2D eigenvalue weighted by atomic mass is 19.1. The molecule has 3 unspecified atom stereocenters. The molecule has 0 saturated heterocycles. The number of benzene rings is 1. The second-order valence-electron chi connectivity index (χ2n) is 7.87. The summed E-state index contributed by atoms with van der Waals surface area (Å²) in [7, 11) is 0. The van der Waals surface area contributed by atoms with Crippen LogP contribution in [0.1, 0.15) is 31.4 Å². The zero-order chi connectivity index (χ0) is 21.3. The number of nitrogens with zero attached hydrogens (tertiary/aromatic N) is 3. The zero-order valence-corrected chi connectivity index (χ0v) is 16.8. The number of aliphatic imine (C=N–C) groups is 1. The van der Waals surface area contributed by atoms with E-state index in [1.165, 1.54) is 6.08 Å². The first-order chi connectivity index (χ1) is 14.4. The first kappa shape index (κ1) is 20.4. The summed E-state index contributed by atoms with van der Waals surface area (Å²) in [6, 6.07) is 5.36. The van der Waals surface area contributed by atoms with Gasteiger partial charge in [0.25, 0.3) is 5.91 Å². The lowest BCUT2D eigenvalue weighted by atomic mass is 9.90. The number of carbonyl (C=O) groups excluding carboxylic acids is 1. The van der Waals surface area contributed by atoms with Crippen molar-refractivity contribution in [1.82, 2.24) is 15.3 Å². The summed E-state index contributed by atoms with van der Waals surface area (Å²) in [5.41, 5.74) is 14.6. The number of primary amides is 1. The minimum Gasteiger partial charge on any atom is -0.365 e. The lowest BCUT2D eigenvalue weighted by Gasteiger charge is -2.34. The van der Waals surface area contributed by atoms with Gasteiger partial charge in [-0.2, -0.15) is 0 Å². The smallest absolute Gasteiger partial charge is 0.252 e. The van der Waals surface area contributed by atoms with E-state index in [1.54, 1.807) is 18.3 Å². The zero-order valence-electron chi connectivity index (χ0n) is 16.8. The van der Waals surface area contributed by atoms with Crippen LogP contribution in [0.25, 0.3) is 11.0 Å². The molecule has 6 N–H and O–H groups in total. The van der Waals surface area contributed by atoms with E-state index in [0.717, 1.165) is 36.9 Å². The summed E-state index contributed by atoms with van der Waals surface area (Å²) in [6.07, 6.45) is 4.48. The van der Waals surface area contributed by atoms with Crippen LogP contribution < -0.4 is 22.1 Å². The summed E-state index contributed by atoms with van der Waals surface area (Å²) in [5.74, 6) is -0.523. The van der Waals surface area contributed by atoms with Crippen molar-refractivity contribution >= 4 is 28.5 Å². The Kier molecular flexibility index (Phi) is 5.74. The average Bonchev–Trinajstić information content (AvgIpc) is 2.71. The molecular formula is C21H26FN7O. The fourth-order valence-corrected chi connectivity index (χ4v) is 3.94. The van der Waals surface area contributed by atoms with Gasteiger partial charge in [0.2, 0.25) is 0 Å². The van der Waals surface area contributed by atoms with Crippen LogP contribution in [0.2, 0.25) is 0 Å². The summed E-state index contributed by atoms with van der Waals surface area (Å²) < 4.78 is 14.8. The van der Waals surface area contributed by atoms with Gasteiger partial charge in [-0.25, -0.2) is 14.4 Å². The number of anilines is 1. The maximum absolute atomic E-state index is 14.8. The van der Waals surface area contributed by atoms with Crippen LogP contribution in [0.5, 0.6) is 0 Å². The molecule has 0 bridgehead atoms. The molecule has 2 aliphatic rings. The molecule has 8 nitrogen and oxygen atoms in total. The van der Waals surface area contributed by atoms with Gasteiger partial charge < -0.3 is 16.8 Å².